The van der Waals surface area contributed by atoms with Crippen molar-refractivity contribution in [2.75, 3.05) is 13.2 Å². The fourth-order valence-electron chi connectivity index (χ4n) is 1.20. The molecule has 0 fully saturated rings. The van der Waals surface area contributed by atoms with Crippen molar-refractivity contribution in [1.82, 2.24) is 0 Å². The van der Waals surface area contributed by atoms with Crippen molar-refractivity contribution in [3.05, 3.63) is 29.8 Å². The Morgan fingerprint density at radius 1 is 1.38 bits per heavy atom. The summed E-state index contributed by atoms with van der Waals surface area (Å²) in [6.45, 7) is 2.99. The summed E-state index contributed by atoms with van der Waals surface area (Å²) in [6.07, 6.45) is 0. The van der Waals surface area contributed by atoms with Crippen molar-refractivity contribution < 1.29 is 8.39 Å². The Bertz CT molecular complexity index is 416. The van der Waals surface area contributed by atoms with Gasteiger partial charge in [0, 0.05) is 0 Å². The van der Waals surface area contributed by atoms with Gasteiger partial charge < -0.3 is 0 Å². The average molecular weight is 197 g/mol. The molecule has 4 heteroatoms. The van der Waals surface area contributed by atoms with Crippen molar-refractivity contribution in [3.63, 3.8) is 0 Å². The van der Waals surface area contributed by atoms with E-state index in [1.807, 2.05) is 31.2 Å². The second-order valence-corrected chi connectivity index (χ2v) is 4.88. The lowest BCUT2D eigenvalue weighted by Gasteiger charge is -2.03. The quantitative estimate of drug-likeness (QED) is 0.688. The van der Waals surface area contributed by atoms with E-state index in [4.69, 9.17) is 4.18 Å². The van der Waals surface area contributed by atoms with Gasteiger partial charge in [0.1, 0.15) is 0 Å². The van der Waals surface area contributed by atoms with Gasteiger partial charge in [-0.05, 0) is 19.1 Å². The van der Waals surface area contributed by atoms with Crippen molar-refractivity contribution in [2.24, 2.45) is 4.36 Å². The molecule has 1 heterocycles. The molecule has 0 spiro atoms. The number of rotatable bonds is 1. The maximum absolute atomic E-state index is 11.9. The molecule has 2 rings (SSSR count). The van der Waals surface area contributed by atoms with Gasteiger partial charge in [-0.25, -0.2) is 8.57 Å². The number of nitrogens with zero attached hydrogens (tertiary/aromatic N) is 1. The minimum absolute atomic E-state index is 0.465. The van der Waals surface area contributed by atoms with Crippen LogP contribution in [-0.2, 0) is 14.2 Å². The van der Waals surface area contributed by atoms with Gasteiger partial charge in [-0.2, -0.15) is 0 Å². The van der Waals surface area contributed by atoms with Crippen molar-refractivity contribution in [2.45, 2.75) is 11.8 Å². The number of hydrogen-bond acceptors (Lipinski definition) is 3. The minimum atomic E-state index is -2.52. The van der Waals surface area contributed by atoms with Crippen LogP contribution in [0.15, 0.2) is 33.5 Å². The zero-order valence-electron chi connectivity index (χ0n) is 7.40. The summed E-state index contributed by atoms with van der Waals surface area (Å²) in [4.78, 5) is 0.676. The Morgan fingerprint density at radius 2 is 2.08 bits per heavy atom. The number of benzene rings is 1. The highest BCUT2D eigenvalue weighted by molar-refractivity contribution is 7.89. The van der Waals surface area contributed by atoms with E-state index in [1.54, 1.807) is 0 Å². The molecule has 0 N–H and O–H groups in total. The second kappa shape index (κ2) is 3.12. The molecule has 0 saturated carbocycles. The van der Waals surface area contributed by atoms with Gasteiger partial charge in [0.05, 0.1) is 18.0 Å². The zero-order valence-corrected chi connectivity index (χ0v) is 8.21. The average Bonchev–Trinajstić information content (AvgIpc) is 2.54. The van der Waals surface area contributed by atoms with Crippen LogP contribution in [0.1, 0.15) is 5.56 Å². The van der Waals surface area contributed by atoms with Crippen LogP contribution >= 0.6 is 0 Å². The van der Waals surface area contributed by atoms with Crippen LogP contribution in [0.2, 0.25) is 0 Å². The molecule has 0 radical (unpaired) electrons. The highest BCUT2D eigenvalue weighted by Gasteiger charge is 2.17. The van der Waals surface area contributed by atoms with Crippen LogP contribution in [0, 0.1) is 6.92 Å². The number of hydrogen-bond donors (Lipinski definition) is 0. The molecule has 1 atom stereocenters. The molecule has 13 heavy (non-hydrogen) atoms. The lowest BCUT2D eigenvalue weighted by atomic mass is 10.2. The first kappa shape index (κ1) is 8.72. The van der Waals surface area contributed by atoms with Gasteiger partial charge in [-0.15, -0.1) is 0 Å². The van der Waals surface area contributed by atoms with E-state index in [1.165, 1.54) is 0 Å². The zero-order chi connectivity index (χ0) is 9.31. The first-order valence-corrected chi connectivity index (χ1v) is 5.59. The van der Waals surface area contributed by atoms with E-state index in [2.05, 4.69) is 4.36 Å². The van der Waals surface area contributed by atoms with Gasteiger partial charge in [0.2, 0.25) is 0 Å². The Balaban J connectivity index is 2.47. The van der Waals surface area contributed by atoms with Crippen LogP contribution in [-0.4, -0.2) is 17.4 Å². The van der Waals surface area contributed by atoms with E-state index in [0.29, 0.717) is 18.0 Å². The van der Waals surface area contributed by atoms with Gasteiger partial charge >= 0.3 is 0 Å². The van der Waals surface area contributed by atoms with Crippen molar-refractivity contribution in [1.29, 1.82) is 0 Å². The van der Waals surface area contributed by atoms with Crippen LogP contribution in [0.5, 0.6) is 0 Å². The third-order valence-corrected chi connectivity index (χ3v) is 3.79. The fraction of sp³-hybridized carbons (Fsp3) is 0.333. The van der Waals surface area contributed by atoms with Crippen molar-refractivity contribution >= 4 is 10.0 Å². The summed E-state index contributed by atoms with van der Waals surface area (Å²) in [7, 11) is -2.52. The first-order valence-electron chi connectivity index (χ1n) is 4.15. The molecular formula is C9H11NO2S. The molecule has 0 aromatic heterocycles. The highest BCUT2D eigenvalue weighted by Crippen LogP contribution is 2.19. The van der Waals surface area contributed by atoms with Gasteiger partial charge in [0.15, 0.2) is 10.0 Å². The molecule has 0 saturated heterocycles. The third kappa shape index (κ3) is 1.59. The van der Waals surface area contributed by atoms with Crippen LogP contribution in [0.3, 0.4) is 0 Å². The van der Waals surface area contributed by atoms with Gasteiger partial charge in [0.25, 0.3) is 0 Å². The summed E-state index contributed by atoms with van der Waals surface area (Å²) >= 11 is 0. The largest absolute Gasteiger partial charge is 0.279 e. The molecule has 3 nitrogen and oxygen atoms in total. The molecular weight excluding hydrogens is 186 g/mol. The lowest BCUT2D eigenvalue weighted by Crippen LogP contribution is -2.00. The Kier molecular flexibility index (Phi) is 2.09. The predicted molar refractivity (Wildman–Crippen MR) is 50.8 cm³/mol. The minimum Gasteiger partial charge on any atom is -0.279 e. The fourth-order valence-corrected chi connectivity index (χ4v) is 2.65. The van der Waals surface area contributed by atoms with E-state index < -0.39 is 10.0 Å². The molecule has 0 aliphatic carbocycles. The Labute approximate surface area is 78.1 Å². The summed E-state index contributed by atoms with van der Waals surface area (Å²) in [5, 5.41) is 0. The SMILES string of the molecule is Cc1ccc(S2(=O)=NCCO2)cc1. The van der Waals surface area contributed by atoms with E-state index in [-0.39, 0.29) is 0 Å². The summed E-state index contributed by atoms with van der Waals surface area (Å²) in [6, 6.07) is 7.46. The first-order chi connectivity index (χ1) is 6.21. The summed E-state index contributed by atoms with van der Waals surface area (Å²) in [5.74, 6) is 0. The summed E-state index contributed by atoms with van der Waals surface area (Å²) in [5.41, 5.74) is 1.14. The molecule has 70 valence electrons. The van der Waals surface area contributed by atoms with E-state index in [9.17, 15) is 4.21 Å². The Morgan fingerprint density at radius 3 is 2.62 bits per heavy atom. The monoisotopic (exact) mass is 197 g/mol. The summed E-state index contributed by atoms with van der Waals surface area (Å²) < 4.78 is 21.0. The predicted octanol–water partition coefficient (Wildman–Crippen LogP) is 1.77. The molecule has 0 bridgehead atoms. The lowest BCUT2D eigenvalue weighted by molar-refractivity contribution is 0.377. The Hall–Kier alpha value is -0.870. The smallest absolute Gasteiger partial charge is 0.193 e. The molecule has 1 aromatic rings. The molecule has 1 unspecified atom stereocenters. The van der Waals surface area contributed by atoms with Crippen LogP contribution < -0.4 is 0 Å². The van der Waals surface area contributed by atoms with E-state index in [0.717, 1.165) is 5.56 Å². The maximum atomic E-state index is 11.9. The third-order valence-electron chi connectivity index (χ3n) is 1.91. The second-order valence-electron chi connectivity index (χ2n) is 2.96. The highest BCUT2D eigenvalue weighted by atomic mass is 32.2. The normalized spacial score (nSPS) is 27.2. The van der Waals surface area contributed by atoms with Crippen molar-refractivity contribution in [3.8, 4) is 0 Å². The molecule has 0 amide bonds. The topological polar surface area (TPSA) is 38.7 Å². The maximum Gasteiger partial charge on any atom is 0.193 e. The van der Waals surface area contributed by atoms with Crippen LogP contribution in [0.25, 0.3) is 0 Å². The van der Waals surface area contributed by atoms with Gasteiger partial charge in [-0.3, -0.25) is 4.18 Å². The molecule has 1 aromatic carbocycles. The van der Waals surface area contributed by atoms with Gasteiger partial charge in [-0.1, -0.05) is 17.7 Å². The number of aryl methyl sites for hydroxylation is 1. The van der Waals surface area contributed by atoms with E-state index >= 15 is 0 Å². The standard InChI is InChI=1S/C9H11NO2S/c1-8-2-4-9(5-3-8)13(11)10-6-7-12-13/h2-5H,6-7H2,1H3. The molecule has 1 aliphatic heterocycles. The van der Waals surface area contributed by atoms with Crippen LogP contribution in [0.4, 0.5) is 0 Å². The molecule has 1 aliphatic rings.